The zero-order valence-corrected chi connectivity index (χ0v) is 8.75. The van der Waals surface area contributed by atoms with E-state index in [-0.39, 0.29) is 0 Å². The van der Waals surface area contributed by atoms with E-state index in [9.17, 15) is 0 Å². The summed E-state index contributed by atoms with van der Waals surface area (Å²) in [4.78, 5) is 3.62. The molecule has 0 saturated carbocycles. The first-order chi connectivity index (χ1) is 5.86. The van der Waals surface area contributed by atoms with Gasteiger partial charge in [0.2, 0.25) is 0 Å². The second kappa shape index (κ2) is 3.99. The number of nitrogens with one attached hydrogen (secondary N) is 2. The van der Waals surface area contributed by atoms with Crippen molar-refractivity contribution in [3.63, 3.8) is 0 Å². The summed E-state index contributed by atoms with van der Waals surface area (Å²) in [6.45, 7) is 5.60. The van der Waals surface area contributed by atoms with Crippen LogP contribution >= 0.6 is 11.8 Å². The van der Waals surface area contributed by atoms with Crippen molar-refractivity contribution >= 4 is 11.8 Å². The third kappa shape index (κ3) is 1.95. The number of thioether (sulfide) groups is 1. The molecule has 0 aromatic heterocycles. The van der Waals surface area contributed by atoms with Crippen molar-refractivity contribution in [2.45, 2.75) is 12.5 Å². The lowest BCUT2D eigenvalue weighted by molar-refractivity contribution is -1.01. The molecular formula is C9H20N2S+2. The summed E-state index contributed by atoms with van der Waals surface area (Å²) in [5.74, 6) is 2.84. The van der Waals surface area contributed by atoms with Gasteiger partial charge in [0.15, 0.2) is 0 Å². The van der Waals surface area contributed by atoms with Gasteiger partial charge in [-0.05, 0) is 5.75 Å². The molecule has 2 heterocycles. The first-order valence-electron chi connectivity index (χ1n) is 5.10. The zero-order valence-electron chi connectivity index (χ0n) is 7.94. The van der Waals surface area contributed by atoms with E-state index >= 15 is 0 Å². The molecule has 12 heavy (non-hydrogen) atoms. The highest BCUT2D eigenvalue weighted by molar-refractivity contribution is 7.99. The Balaban J connectivity index is 1.80. The largest absolute Gasteiger partial charge is 0.328 e. The average Bonchev–Trinajstić information content (AvgIpc) is 2.58. The van der Waals surface area contributed by atoms with Crippen LogP contribution in [0.25, 0.3) is 0 Å². The molecule has 2 fully saturated rings. The highest BCUT2D eigenvalue weighted by Gasteiger charge is 2.30. The fourth-order valence-corrected chi connectivity index (χ4v) is 3.57. The second-order valence-electron chi connectivity index (χ2n) is 4.18. The number of likely N-dealkylation sites (N-methyl/N-ethyl adjacent to an activating group) is 1. The molecule has 2 aliphatic heterocycles. The van der Waals surface area contributed by atoms with Crippen LogP contribution < -0.4 is 9.80 Å². The lowest BCUT2D eigenvalue weighted by atomic mass is 10.2. The van der Waals surface area contributed by atoms with E-state index in [0.717, 1.165) is 6.04 Å². The number of quaternary nitrogens is 2. The smallest absolute Gasteiger partial charge is 0.127 e. The van der Waals surface area contributed by atoms with Gasteiger partial charge in [-0.25, -0.2) is 0 Å². The predicted molar refractivity (Wildman–Crippen MR) is 53.0 cm³/mol. The maximum atomic E-state index is 2.32. The lowest BCUT2D eigenvalue weighted by Crippen LogP contribution is -3.28. The first-order valence-corrected chi connectivity index (χ1v) is 6.25. The molecule has 2 aliphatic rings. The van der Waals surface area contributed by atoms with Crippen LogP contribution in [0.4, 0.5) is 0 Å². The maximum Gasteiger partial charge on any atom is 0.127 e. The summed E-state index contributed by atoms with van der Waals surface area (Å²) in [5, 5.41) is 0. The predicted octanol–water partition coefficient (Wildman–Crippen LogP) is -2.09. The van der Waals surface area contributed by atoms with E-state index in [4.69, 9.17) is 0 Å². The molecule has 2 nitrogen and oxygen atoms in total. The Morgan fingerprint density at radius 1 is 1.17 bits per heavy atom. The molecule has 2 N–H and O–H groups in total. The van der Waals surface area contributed by atoms with Gasteiger partial charge in [-0.2, -0.15) is 11.8 Å². The molecule has 0 spiro atoms. The Labute approximate surface area is 79.3 Å². The van der Waals surface area contributed by atoms with Crippen molar-refractivity contribution < 1.29 is 9.80 Å². The van der Waals surface area contributed by atoms with E-state index in [1.165, 1.54) is 44.1 Å². The number of rotatable bonds is 1. The summed E-state index contributed by atoms with van der Waals surface area (Å²) in [6, 6.07) is 1.00. The standard InChI is InChI=1S/C9H18N2S/c1-10-3-5-11(6-4-10)9-2-7-12-8-9/h9H,2-8H2,1H3/p+2/t9-/m0/s1. The van der Waals surface area contributed by atoms with Crippen molar-refractivity contribution in [1.82, 2.24) is 0 Å². The highest BCUT2D eigenvalue weighted by atomic mass is 32.2. The molecule has 70 valence electrons. The Hall–Kier alpha value is 0.270. The number of hydrogen-bond donors (Lipinski definition) is 2. The van der Waals surface area contributed by atoms with Gasteiger partial charge in [0.1, 0.15) is 26.2 Å². The summed E-state index contributed by atoms with van der Waals surface area (Å²) in [6.07, 6.45) is 1.47. The third-order valence-corrected chi connectivity index (χ3v) is 4.42. The van der Waals surface area contributed by atoms with Crippen LogP contribution in [0.3, 0.4) is 0 Å². The quantitative estimate of drug-likeness (QED) is 0.479. The summed E-state index contributed by atoms with van der Waals surface area (Å²) < 4.78 is 0. The topological polar surface area (TPSA) is 8.88 Å². The van der Waals surface area contributed by atoms with Crippen molar-refractivity contribution in [2.75, 3.05) is 44.7 Å². The maximum absolute atomic E-state index is 2.32. The Morgan fingerprint density at radius 3 is 2.50 bits per heavy atom. The number of piperazine rings is 1. The fourth-order valence-electron chi connectivity index (χ4n) is 2.26. The van der Waals surface area contributed by atoms with E-state index < -0.39 is 0 Å². The summed E-state index contributed by atoms with van der Waals surface area (Å²) in [5.41, 5.74) is 0. The van der Waals surface area contributed by atoms with Crippen LogP contribution in [-0.2, 0) is 0 Å². The van der Waals surface area contributed by atoms with E-state index in [1.807, 2.05) is 4.90 Å². The summed E-state index contributed by atoms with van der Waals surface area (Å²) >= 11 is 2.15. The number of hydrogen-bond acceptors (Lipinski definition) is 1. The monoisotopic (exact) mass is 188 g/mol. The molecule has 0 bridgehead atoms. The third-order valence-electron chi connectivity index (χ3n) is 3.25. The summed E-state index contributed by atoms with van der Waals surface area (Å²) in [7, 11) is 2.32. The lowest BCUT2D eigenvalue weighted by Gasteiger charge is -2.31. The van der Waals surface area contributed by atoms with Gasteiger partial charge in [-0.1, -0.05) is 0 Å². The zero-order chi connectivity index (χ0) is 8.39. The van der Waals surface area contributed by atoms with Crippen LogP contribution in [0.15, 0.2) is 0 Å². The van der Waals surface area contributed by atoms with Crippen LogP contribution in [0, 0.1) is 0 Å². The Morgan fingerprint density at radius 2 is 1.92 bits per heavy atom. The molecule has 0 unspecified atom stereocenters. The SMILES string of the molecule is C[NH+]1CC[NH+]([C@H]2CCSC2)CC1. The van der Waals surface area contributed by atoms with Gasteiger partial charge >= 0.3 is 0 Å². The van der Waals surface area contributed by atoms with Crippen LogP contribution in [0.5, 0.6) is 0 Å². The Kier molecular flexibility index (Phi) is 2.94. The molecular weight excluding hydrogens is 168 g/mol. The van der Waals surface area contributed by atoms with E-state index in [0.29, 0.717) is 0 Å². The van der Waals surface area contributed by atoms with Crippen molar-refractivity contribution in [2.24, 2.45) is 0 Å². The molecule has 0 radical (unpaired) electrons. The second-order valence-corrected chi connectivity index (χ2v) is 5.33. The van der Waals surface area contributed by atoms with Gasteiger partial charge in [0.05, 0.1) is 13.1 Å². The van der Waals surface area contributed by atoms with Gasteiger partial charge in [0.25, 0.3) is 0 Å². The normalized spacial score (nSPS) is 43.2. The molecule has 1 atom stereocenters. The minimum Gasteiger partial charge on any atom is -0.328 e. The van der Waals surface area contributed by atoms with E-state index in [2.05, 4.69) is 18.8 Å². The van der Waals surface area contributed by atoms with Gasteiger partial charge < -0.3 is 9.80 Å². The van der Waals surface area contributed by atoms with Crippen LogP contribution in [0.2, 0.25) is 0 Å². The average molecular weight is 188 g/mol. The van der Waals surface area contributed by atoms with Crippen molar-refractivity contribution in [1.29, 1.82) is 0 Å². The fraction of sp³-hybridized carbons (Fsp3) is 1.00. The molecule has 0 aliphatic carbocycles. The van der Waals surface area contributed by atoms with Gasteiger partial charge in [-0.15, -0.1) is 0 Å². The van der Waals surface area contributed by atoms with Crippen molar-refractivity contribution in [3.05, 3.63) is 0 Å². The molecule has 0 aromatic carbocycles. The van der Waals surface area contributed by atoms with E-state index in [1.54, 1.807) is 4.90 Å². The highest BCUT2D eigenvalue weighted by Crippen LogP contribution is 2.14. The minimum atomic E-state index is 1.00. The van der Waals surface area contributed by atoms with Crippen LogP contribution in [-0.4, -0.2) is 50.8 Å². The molecule has 0 amide bonds. The first kappa shape index (κ1) is 8.85. The minimum absolute atomic E-state index is 1.00. The molecule has 3 heteroatoms. The van der Waals surface area contributed by atoms with Gasteiger partial charge in [-0.3, -0.25) is 0 Å². The molecule has 2 saturated heterocycles. The Bertz CT molecular complexity index is 137. The molecule has 0 aromatic rings. The van der Waals surface area contributed by atoms with Gasteiger partial charge in [0, 0.05) is 12.2 Å². The van der Waals surface area contributed by atoms with Crippen molar-refractivity contribution in [3.8, 4) is 0 Å². The molecule has 2 rings (SSSR count). The van der Waals surface area contributed by atoms with Crippen LogP contribution in [0.1, 0.15) is 6.42 Å².